The topological polar surface area (TPSA) is 126 Å². The maximum Gasteiger partial charge on any atom is 0.167 e. The molecule has 1 aliphatic carbocycles. The molecule has 2 unspecified atom stereocenters. The van der Waals surface area contributed by atoms with E-state index in [0.717, 1.165) is 19.3 Å². The van der Waals surface area contributed by atoms with Crippen LogP contribution in [0.25, 0.3) is 11.2 Å². The van der Waals surface area contributed by atoms with Gasteiger partial charge >= 0.3 is 0 Å². The first kappa shape index (κ1) is 21.2. The van der Waals surface area contributed by atoms with E-state index in [-0.39, 0.29) is 11.9 Å². The zero-order valence-electron chi connectivity index (χ0n) is 16.3. The highest BCUT2D eigenvalue weighted by Gasteiger charge is 2.44. The van der Waals surface area contributed by atoms with Crippen molar-refractivity contribution in [3.63, 3.8) is 0 Å². The lowest BCUT2D eigenvalue weighted by atomic mass is 10.1. The van der Waals surface area contributed by atoms with E-state index < -0.39 is 30.6 Å². The van der Waals surface area contributed by atoms with Crippen molar-refractivity contribution in [2.24, 2.45) is 0 Å². The fraction of sp³-hybridized carbons (Fsp3) is 0.722. The van der Waals surface area contributed by atoms with Crippen molar-refractivity contribution >= 4 is 28.6 Å². The molecule has 156 valence electrons. The van der Waals surface area contributed by atoms with E-state index in [1.807, 2.05) is 13.8 Å². The Kier molecular flexibility index (Phi) is 6.72. The number of aryl methyl sites for hydroxylation is 1. The van der Waals surface area contributed by atoms with Crippen molar-refractivity contribution in [2.45, 2.75) is 76.7 Å². The van der Waals surface area contributed by atoms with E-state index in [2.05, 4.69) is 20.3 Å². The second-order valence-electron chi connectivity index (χ2n) is 6.89. The van der Waals surface area contributed by atoms with Gasteiger partial charge in [-0.15, -0.1) is 11.6 Å². The number of rotatable bonds is 4. The average Bonchev–Trinajstić information content (AvgIpc) is 3.36. The summed E-state index contributed by atoms with van der Waals surface area (Å²) >= 11 is 5.79. The number of hydrogen-bond acceptors (Lipinski definition) is 8. The summed E-state index contributed by atoms with van der Waals surface area (Å²) < 4.78 is 7.27. The summed E-state index contributed by atoms with van der Waals surface area (Å²) in [4.78, 5) is 13.2. The number of aliphatic hydroxyl groups excluding tert-OH is 3. The highest BCUT2D eigenvalue weighted by Crippen LogP contribution is 2.33. The van der Waals surface area contributed by atoms with E-state index in [1.54, 1.807) is 11.5 Å². The van der Waals surface area contributed by atoms with Gasteiger partial charge in [-0.3, -0.25) is 4.57 Å². The fourth-order valence-electron chi connectivity index (χ4n) is 3.68. The molecule has 1 aliphatic heterocycles. The third kappa shape index (κ3) is 3.81. The first-order chi connectivity index (χ1) is 13.5. The second-order valence-corrected chi connectivity index (χ2v) is 7.20. The minimum absolute atomic E-state index is 0.0712. The predicted octanol–water partition coefficient (Wildman–Crippen LogP) is 1.34. The van der Waals surface area contributed by atoms with Crippen LogP contribution in [0.2, 0.25) is 0 Å². The number of halogens is 1. The van der Waals surface area contributed by atoms with Crippen molar-refractivity contribution in [1.29, 1.82) is 0 Å². The number of imidazole rings is 1. The summed E-state index contributed by atoms with van der Waals surface area (Å²) in [6, 6.07) is -0.0755. The molecule has 0 radical (unpaired) electrons. The molecule has 0 amide bonds. The molecule has 2 aromatic rings. The van der Waals surface area contributed by atoms with E-state index in [0.29, 0.717) is 22.8 Å². The Morgan fingerprint density at radius 1 is 1.21 bits per heavy atom. The molecule has 1 saturated carbocycles. The number of ether oxygens (including phenoxy) is 1. The Balaban J connectivity index is 0.00000109. The molecule has 2 fully saturated rings. The van der Waals surface area contributed by atoms with Crippen LogP contribution in [0.4, 0.5) is 5.82 Å². The standard InChI is InChI=1S/C16H22ClN5O4.C2H6/c1-7-19-14(21-8-3-2-4-9(8)23)11-15(20-7)22(6-18-11)16-13(25)12(24)10(5-17)26-16;1-2/h6,8-10,12-13,16,23-25H,2-5H2,1H3,(H,19,20,21);1-2H3/t8?,9?,10-,12-,13-,16-;/m1./s1. The van der Waals surface area contributed by atoms with Gasteiger partial charge in [-0.05, 0) is 26.2 Å². The Morgan fingerprint density at radius 3 is 2.57 bits per heavy atom. The summed E-state index contributed by atoms with van der Waals surface area (Å²) in [6.07, 6.45) is -0.0431. The Hall–Kier alpha value is -1.52. The van der Waals surface area contributed by atoms with Crippen LogP contribution >= 0.6 is 11.6 Å². The van der Waals surface area contributed by atoms with E-state index >= 15 is 0 Å². The average molecular weight is 414 g/mol. The van der Waals surface area contributed by atoms with Crippen LogP contribution < -0.4 is 5.32 Å². The molecule has 0 spiro atoms. The van der Waals surface area contributed by atoms with Gasteiger partial charge in [-0.2, -0.15) is 0 Å². The molecule has 3 heterocycles. The minimum Gasteiger partial charge on any atom is -0.391 e. The Morgan fingerprint density at radius 2 is 1.96 bits per heavy atom. The predicted molar refractivity (Wildman–Crippen MR) is 105 cm³/mol. The largest absolute Gasteiger partial charge is 0.391 e. The third-order valence-corrected chi connectivity index (χ3v) is 5.40. The van der Waals surface area contributed by atoms with Gasteiger partial charge in [-0.25, -0.2) is 15.0 Å². The van der Waals surface area contributed by atoms with Crippen LogP contribution in [0.1, 0.15) is 45.2 Å². The van der Waals surface area contributed by atoms with Gasteiger partial charge in [-0.1, -0.05) is 13.8 Å². The smallest absolute Gasteiger partial charge is 0.167 e. The van der Waals surface area contributed by atoms with Crippen LogP contribution in [0.5, 0.6) is 0 Å². The number of anilines is 1. The van der Waals surface area contributed by atoms with Gasteiger partial charge in [0.1, 0.15) is 24.1 Å². The number of alkyl halides is 1. The molecule has 4 rings (SSSR count). The molecule has 6 atom stereocenters. The quantitative estimate of drug-likeness (QED) is 0.553. The summed E-state index contributed by atoms with van der Waals surface area (Å²) in [5, 5.41) is 33.7. The number of aliphatic hydroxyl groups is 3. The van der Waals surface area contributed by atoms with Gasteiger partial charge in [0, 0.05) is 0 Å². The number of nitrogens with zero attached hydrogens (tertiary/aromatic N) is 4. The van der Waals surface area contributed by atoms with Gasteiger partial charge in [0.25, 0.3) is 0 Å². The van der Waals surface area contributed by atoms with E-state index in [4.69, 9.17) is 16.3 Å². The van der Waals surface area contributed by atoms with E-state index in [9.17, 15) is 15.3 Å². The van der Waals surface area contributed by atoms with Gasteiger partial charge in [0.2, 0.25) is 0 Å². The molecule has 1 saturated heterocycles. The van der Waals surface area contributed by atoms with Gasteiger partial charge < -0.3 is 25.4 Å². The first-order valence-corrected chi connectivity index (χ1v) is 10.3. The van der Waals surface area contributed by atoms with Crippen LogP contribution in [0, 0.1) is 6.92 Å². The number of aromatic nitrogens is 4. The van der Waals surface area contributed by atoms with Crippen LogP contribution in [0.15, 0.2) is 6.33 Å². The van der Waals surface area contributed by atoms with Crippen molar-refractivity contribution in [1.82, 2.24) is 19.5 Å². The fourth-order valence-corrected chi connectivity index (χ4v) is 3.94. The Labute approximate surface area is 168 Å². The lowest BCUT2D eigenvalue weighted by Gasteiger charge is -2.19. The van der Waals surface area contributed by atoms with Crippen LogP contribution in [-0.4, -0.2) is 71.2 Å². The first-order valence-electron chi connectivity index (χ1n) is 9.73. The zero-order chi connectivity index (χ0) is 20.4. The molecule has 2 aromatic heterocycles. The summed E-state index contributed by atoms with van der Waals surface area (Å²) in [5.74, 6) is 1.14. The summed E-state index contributed by atoms with van der Waals surface area (Å²) in [6.45, 7) is 5.76. The summed E-state index contributed by atoms with van der Waals surface area (Å²) in [5.41, 5.74) is 1.01. The van der Waals surface area contributed by atoms with Crippen molar-refractivity contribution in [3.8, 4) is 0 Å². The molecule has 0 bridgehead atoms. The molecular weight excluding hydrogens is 386 g/mol. The zero-order valence-corrected chi connectivity index (χ0v) is 17.0. The highest BCUT2D eigenvalue weighted by molar-refractivity contribution is 6.18. The van der Waals surface area contributed by atoms with Crippen molar-refractivity contribution < 1.29 is 20.1 Å². The van der Waals surface area contributed by atoms with Crippen LogP contribution in [-0.2, 0) is 4.74 Å². The second kappa shape index (κ2) is 8.87. The summed E-state index contributed by atoms with van der Waals surface area (Å²) in [7, 11) is 0. The number of fused-ring (bicyclic) bond motifs is 1. The molecule has 10 heteroatoms. The SMILES string of the molecule is CC.Cc1nc(NC2CCCC2O)c2ncn([C@@H]3O[C@H](CCl)[C@@H](O)[C@H]3O)c2n1. The Bertz CT molecular complexity index is 804. The van der Waals surface area contributed by atoms with Gasteiger partial charge in [0.15, 0.2) is 23.2 Å². The van der Waals surface area contributed by atoms with Crippen molar-refractivity contribution in [2.75, 3.05) is 11.2 Å². The lowest BCUT2D eigenvalue weighted by Crippen LogP contribution is -2.32. The van der Waals surface area contributed by atoms with Gasteiger partial charge in [0.05, 0.1) is 24.4 Å². The molecule has 0 aromatic carbocycles. The molecular formula is C18H28ClN5O4. The van der Waals surface area contributed by atoms with E-state index in [1.165, 1.54) is 6.33 Å². The molecule has 9 nitrogen and oxygen atoms in total. The maximum atomic E-state index is 10.3. The highest BCUT2D eigenvalue weighted by atomic mass is 35.5. The molecule has 28 heavy (non-hydrogen) atoms. The lowest BCUT2D eigenvalue weighted by molar-refractivity contribution is -0.0291. The molecule has 4 N–H and O–H groups in total. The monoisotopic (exact) mass is 413 g/mol. The third-order valence-electron chi connectivity index (χ3n) is 5.10. The number of nitrogens with one attached hydrogen (secondary N) is 1. The maximum absolute atomic E-state index is 10.3. The normalized spacial score (nSPS) is 32.4. The van der Waals surface area contributed by atoms with Crippen LogP contribution in [0.3, 0.4) is 0 Å². The number of hydrogen-bond donors (Lipinski definition) is 4. The molecule has 2 aliphatic rings. The minimum atomic E-state index is -1.14. The van der Waals surface area contributed by atoms with Crippen molar-refractivity contribution in [3.05, 3.63) is 12.2 Å².